The molecule has 0 aliphatic heterocycles. The molecule has 0 spiro atoms. The van der Waals surface area contributed by atoms with Crippen LogP contribution in [0.1, 0.15) is 25.3 Å². The van der Waals surface area contributed by atoms with Crippen LogP contribution in [0, 0.1) is 0 Å². The highest BCUT2D eigenvalue weighted by atomic mass is 19.3. The minimum atomic E-state index is -2.55. The second-order valence-electron chi connectivity index (χ2n) is 4.56. The Morgan fingerprint density at radius 1 is 1.00 bits per heavy atom. The van der Waals surface area contributed by atoms with Crippen LogP contribution in [-0.2, 0) is 6.42 Å². The van der Waals surface area contributed by atoms with E-state index in [1.807, 2.05) is 36.4 Å². The third-order valence-corrected chi connectivity index (χ3v) is 2.94. The highest BCUT2D eigenvalue weighted by Crippen LogP contribution is 2.23. The summed E-state index contributed by atoms with van der Waals surface area (Å²) >= 11 is 0. The third kappa shape index (κ3) is 3.26. The Morgan fingerprint density at radius 3 is 2.47 bits per heavy atom. The Hall–Kier alpha value is -1.44. The van der Waals surface area contributed by atoms with Crippen molar-refractivity contribution in [2.24, 2.45) is 0 Å². The third-order valence-electron chi connectivity index (χ3n) is 2.94. The van der Waals surface area contributed by atoms with Gasteiger partial charge in [-0.05, 0) is 36.1 Å². The minimum Gasteiger partial charge on any atom is -0.207 e. The zero-order valence-electron chi connectivity index (χ0n) is 9.92. The zero-order valence-corrected chi connectivity index (χ0v) is 9.92. The van der Waals surface area contributed by atoms with E-state index in [1.54, 1.807) is 0 Å². The molecule has 0 N–H and O–H groups in total. The Bertz CT molecular complexity index is 492. The summed E-state index contributed by atoms with van der Waals surface area (Å²) in [5.74, 6) is -2.55. The molecule has 90 valence electrons. The lowest BCUT2D eigenvalue weighted by Gasteiger charge is -2.10. The van der Waals surface area contributed by atoms with E-state index < -0.39 is 5.92 Å². The number of hydrogen-bond acceptors (Lipinski definition) is 0. The van der Waals surface area contributed by atoms with Crippen molar-refractivity contribution in [3.63, 3.8) is 0 Å². The molecule has 0 aromatic heterocycles. The van der Waals surface area contributed by atoms with Crippen molar-refractivity contribution < 1.29 is 8.78 Å². The molecule has 17 heavy (non-hydrogen) atoms. The molecule has 0 aliphatic carbocycles. The first-order chi connectivity index (χ1) is 8.06. The predicted molar refractivity (Wildman–Crippen MR) is 67.5 cm³/mol. The number of hydrogen-bond donors (Lipinski definition) is 0. The number of halogens is 2. The molecule has 0 amide bonds. The van der Waals surface area contributed by atoms with Gasteiger partial charge in [0.15, 0.2) is 0 Å². The van der Waals surface area contributed by atoms with Crippen molar-refractivity contribution in [2.45, 2.75) is 32.1 Å². The molecule has 0 saturated carbocycles. The molecule has 2 aromatic rings. The Morgan fingerprint density at radius 2 is 1.71 bits per heavy atom. The SMILES string of the molecule is CC(F)(F)CCCc1cccc2ccccc12. The van der Waals surface area contributed by atoms with Gasteiger partial charge in [0.1, 0.15) is 0 Å². The second kappa shape index (κ2) is 4.82. The van der Waals surface area contributed by atoms with E-state index in [4.69, 9.17) is 0 Å². The summed E-state index contributed by atoms with van der Waals surface area (Å²) in [7, 11) is 0. The molecular formula is C15H16F2. The lowest BCUT2D eigenvalue weighted by molar-refractivity contribution is 0.0111. The van der Waals surface area contributed by atoms with Crippen molar-refractivity contribution in [1.29, 1.82) is 0 Å². The van der Waals surface area contributed by atoms with Crippen LogP contribution in [-0.4, -0.2) is 5.92 Å². The van der Waals surface area contributed by atoms with Gasteiger partial charge in [-0.15, -0.1) is 0 Å². The van der Waals surface area contributed by atoms with Crippen LogP contribution in [0.5, 0.6) is 0 Å². The molecule has 0 saturated heterocycles. The minimum absolute atomic E-state index is 0.0454. The Labute approximate surface area is 100 Å². The van der Waals surface area contributed by atoms with Crippen LogP contribution in [0.15, 0.2) is 42.5 Å². The van der Waals surface area contributed by atoms with Gasteiger partial charge in [0.2, 0.25) is 5.92 Å². The van der Waals surface area contributed by atoms with Gasteiger partial charge in [-0.2, -0.15) is 0 Å². The van der Waals surface area contributed by atoms with E-state index in [2.05, 4.69) is 6.07 Å². The van der Waals surface area contributed by atoms with E-state index in [1.165, 1.54) is 10.8 Å². The molecule has 0 fully saturated rings. The molecule has 0 nitrogen and oxygen atoms in total. The molecular weight excluding hydrogens is 218 g/mol. The second-order valence-corrected chi connectivity index (χ2v) is 4.56. The van der Waals surface area contributed by atoms with E-state index in [-0.39, 0.29) is 6.42 Å². The van der Waals surface area contributed by atoms with Gasteiger partial charge in [0.25, 0.3) is 0 Å². The molecule has 0 unspecified atom stereocenters. The van der Waals surface area contributed by atoms with Gasteiger partial charge in [0, 0.05) is 6.42 Å². The molecule has 0 aliphatic rings. The number of fused-ring (bicyclic) bond motifs is 1. The molecule has 2 heteroatoms. The summed E-state index contributed by atoms with van der Waals surface area (Å²) in [5, 5.41) is 2.35. The van der Waals surface area contributed by atoms with Gasteiger partial charge < -0.3 is 0 Å². The largest absolute Gasteiger partial charge is 0.245 e. The van der Waals surface area contributed by atoms with Crippen molar-refractivity contribution in [3.8, 4) is 0 Å². The van der Waals surface area contributed by atoms with E-state index in [0.717, 1.165) is 12.5 Å². The van der Waals surface area contributed by atoms with Crippen LogP contribution >= 0.6 is 0 Å². The lowest BCUT2D eigenvalue weighted by atomic mass is 9.99. The topological polar surface area (TPSA) is 0 Å². The molecule has 0 bridgehead atoms. The molecule has 2 rings (SSSR count). The first kappa shape index (κ1) is 12.0. The Kier molecular flexibility index (Phi) is 3.41. The smallest absolute Gasteiger partial charge is 0.207 e. The maximum absolute atomic E-state index is 12.7. The summed E-state index contributed by atoms with van der Waals surface area (Å²) in [4.78, 5) is 0. The Balaban J connectivity index is 2.13. The fraction of sp³-hybridized carbons (Fsp3) is 0.333. The maximum Gasteiger partial charge on any atom is 0.245 e. The molecule has 0 atom stereocenters. The number of rotatable bonds is 4. The predicted octanol–water partition coefficient (Wildman–Crippen LogP) is 4.82. The summed E-state index contributed by atoms with van der Waals surface area (Å²) in [6, 6.07) is 14.1. The van der Waals surface area contributed by atoms with Crippen LogP contribution in [0.2, 0.25) is 0 Å². The van der Waals surface area contributed by atoms with Gasteiger partial charge >= 0.3 is 0 Å². The van der Waals surface area contributed by atoms with Crippen molar-refractivity contribution >= 4 is 10.8 Å². The summed E-state index contributed by atoms with van der Waals surface area (Å²) < 4.78 is 25.5. The molecule has 0 heterocycles. The van der Waals surface area contributed by atoms with Crippen LogP contribution in [0.4, 0.5) is 8.78 Å². The number of alkyl halides is 2. The van der Waals surface area contributed by atoms with Crippen molar-refractivity contribution in [2.75, 3.05) is 0 Å². The normalized spacial score (nSPS) is 11.9. The highest BCUT2D eigenvalue weighted by Gasteiger charge is 2.19. The van der Waals surface area contributed by atoms with Crippen molar-refractivity contribution in [1.82, 2.24) is 0 Å². The average Bonchev–Trinajstić information content (AvgIpc) is 2.28. The summed E-state index contributed by atoms with van der Waals surface area (Å²) in [5.41, 5.74) is 1.16. The first-order valence-electron chi connectivity index (χ1n) is 5.91. The van der Waals surface area contributed by atoms with Gasteiger partial charge in [-0.25, -0.2) is 8.78 Å². The monoisotopic (exact) mass is 234 g/mol. The maximum atomic E-state index is 12.7. The summed E-state index contributed by atoms with van der Waals surface area (Å²) in [6.45, 7) is 0.982. The fourth-order valence-corrected chi connectivity index (χ4v) is 2.10. The van der Waals surface area contributed by atoms with Crippen LogP contribution in [0.25, 0.3) is 10.8 Å². The summed E-state index contributed by atoms with van der Waals surface area (Å²) in [6.07, 6.45) is 1.19. The first-order valence-corrected chi connectivity index (χ1v) is 5.91. The van der Waals surface area contributed by atoms with Gasteiger partial charge in [-0.1, -0.05) is 42.5 Å². The standard InChI is InChI=1S/C15H16F2/c1-15(16,17)11-5-9-13-8-4-7-12-6-2-3-10-14(12)13/h2-4,6-8,10H,5,9,11H2,1H3. The fourth-order valence-electron chi connectivity index (χ4n) is 2.10. The van der Waals surface area contributed by atoms with Crippen LogP contribution in [0.3, 0.4) is 0 Å². The van der Waals surface area contributed by atoms with Crippen molar-refractivity contribution in [3.05, 3.63) is 48.0 Å². The molecule has 0 radical (unpaired) electrons. The van der Waals surface area contributed by atoms with Gasteiger partial charge in [-0.3, -0.25) is 0 Å². The van der Waals surface area contributed by atoms with E-state index in [9.17, 15) is 8.78 Å². The van der Waals surface area contributed by atoms with Gasteiger partial charge in [0.05, 0.1) is 0 Å². The van der Waals surface area contributed by atoms with E-state index in [0.29, 0.717) is 12.8 Å². The average molecular weight is 234 g/mol. The molecule has 2 aromatic carbocycles. The van der Waals surface area contributed by atoms with Crippen LogP contribution < -0.4 is 0 Å². The quantitative estimate of drug-likeness (QED) is 0.711. The number of aryl methyl sites for hydroxylation is 1. The van der Waals surface area contributed by atoms with E-state index >= 15 is 0 Å². The number of benzene rings is 2. The highest BCUT2D eigenvalue weighted by molar-refractivity contribution is 5.85. The lowest BCUT2D eigenvalue weighted by Crippen LogP contribution is -2.09. The zero-order chi connectivity index (χ0) is 12.3.